The second-order valence-corrected chi connectivity index (χ2v) is 6.12. The van der Waals surface area contributed by atoms with E-state index in [1.165, 1.54) is 68.7 Å². The number of aryl methyl sites for hydroxylation is 2. The molecule has 0 radical (unpaired) electrons. The lowest BCUT2D eigenvalue weighted by molar-refractivity contribution is 0.458. The summed E-state index contributed by atoms with van der Waals surface area (Å²) in [5, 5.41) is 4.87. The van der Waals surface area contributed by atoms with Gasteiger partial charge >= 0.3 is 0 Å². The molecule has 0 spiro atoms. The zero-order chi connectivity index (χ0) is 10.8. The van der Waals surface area contributed by atoms with Gasteiger partial charge in [-0.2, -0.15) is 0 Å². The summed E-state index contributed by atoms with van der Waals surface area (Å²) in [6.07, 6.45) is 9.21. The fourth-order valence-corrected chi connectivity index (χ4v) is 4.11. The highest BCUT2D eigenvalue weighted by atomic mass is 32.1. The summed E-state index contributed by atoms with van der Waals surface area (Å²) < 4.78 is 0. The molecule has 0 saturated carbocycles. The van der Waals surface area contributed by atoms with Crippen molar-refractivity contribution in [3.05, 3.63) is 15.6 Å². The van der Waals surface area contributed by atoms with Gasteiger partial charge in [-0.1, -0.05) is 6.42 Å². The summed E-state index contributed by atoms with van der Waals surface area (Å²) in [4.78, 5) is 6.53. The second kappa shape index (κ2) is 4.84. The van der Waals surface area contributed by atoms with E-state index in [-0.39, 0.29) is 0 Å². The van der Waals surface area contributed by atoms with Crippen LogP contribution < -0.4 is 5.32 Å². The first-order valence-corrected chi connectivity index (χ1v) is 7.44. The van der Waals surface area contributed by atoms with E-state index < -0.39 is 0 Å². The molecule has 1 saturated heterocycles. The molecule has 3 heteroatoms. The van der Waals surface area contributed by atoms with Crippen molar-refractivity contribution in [1.29, 1.82) is 0 Å². The third kappa shape index (κ3) is 2.16. The fraction of sp³-hybridized carbons (Fsp3) is 0.769. The van der Waals surface area contributed by atoms with Crippen molar-refractivity contribution in [2.75, 3.05) is 13.1 Å². The van der Waals surface area contributed by atoms with Crippen LogP contribution in [0.2, 0.25) is 0 Å². The number of hydrogen-bond donors (Lipinski definition) is 1. The number of thiazole rings is 1. The zero-order valence-electron chi connectivity index (χ0n) is 9.80. The third-order valence-electron chi connectivity index (χ3n) is 3.80. The predicted molar refractivity (Wildman–Crippen MR) is 68.2 cm³/mol. The van der Waals surface area contributed by atoms with E-state index in [1.54, 1.807) is 4.88 Å². The van der Waals surface area contributed by atoms with Gasteiger partial charge in [0.2, 0.25) is 0 Å². The molecule has 2 nitrogen and oxygen atoms in total. The molecule has 0 unspecified atom stereocenters. The highest BCUT2D eigenvalue weighted by Crippen LogP contribution is 2.33. The van der Waals surface area contributed by atoms with Crippen molar-refractivity contribution in [3.8, 4) is 0 Å². The van der Waals surface area contributed by atoms with E-state index >= 15 is 0 Å². The molecule has 0 atom stereocenters. The predicted octanol–water partition coefficient (Wildman–Crippen LogP) is 2.88. The topological polar surface area (TPSA) is 24.9 Å². The molecule has 0 amide bonds. The van der Waals surface area contributed by atoms with Crippen molar-refractivity contribution in [3.63, 3.8) is 0 Å². The number of fused-ring (bicyclic) bond motifs is 1. The molecule has 3 rings (SSSR count). The smallest absolute Gasteiger partial charge is 0.0962 e. The van der Waals surface area contributed by atoms with Gasteiger partial charge in [0.15, 0.2) is 0 Å². The SMILES string of the molecule is C1CCc2nc(C3CCNCC3)sc2CC1. The second-order valence-electron chi connectivity index (χ2n) is 5.01. The van der Waals surface area contributed by atoms with Crippen LogP contribution in [0, 0.1) is 0 Å². The molecule has 1 aliphatic heterocycles. The van der Waals surface area contributed by atoms with Crippen LogP contribution in [0.15, 0.2) is 0 Å². The molecule has 2 heterocycles. The first-order valence-electron chi connectivity index (χ1n) is 6.62. The minimum Gasteiger partial charge on any atom is -0.317 e. The standard InChI is InChI=1S/C13H20N2S/c1-2-4-11-12(5-3-1)16-13(15-11)10-6-8-14-9-7-10/h10,14H,1-9H2. The summed E-state index contributed by atoms with van der Waals surface area (Å²) in [5.41, 5.74) is 1.44. The molecule has 2 aliphatic rings. The number of rotatable bonds is 1. The quantitative estimate of drug-likeness (QED) is 0.758. The molecular formula is C13H20N2S. The van der Waals surface area contributed by atoms with Gasteiger partial charge in [-0.15, -0.1) is 11.3 Å². The van der Waals surface area contributed by atoms with Crippen LogP contribution >= 0.6 is 11.3 Å². The van der Waals surface area contributed by atoms with Gasteiger partial charge in [-0.25, -0.2) is 4.98 Å². The minimum absolute atomic E-state index is 0.748. The molecule has 1 fully saturated rings. The van der Waals surface area contributed by atoms with Gasteiger partial charge in [0.1, 0.15) is 0 Å². The maximum Gasteiger partial charge on any atom is 0.0962 e. The summed E-state index contributed by atoms with van der Waals surface area (Å²) >= 11 is 2.02. The maximum atomic E-state index is 4.93. The van der Waals surface area contributed by atoms with Crippen LogP contribution in [0.1, 0.15) is 53.6 Å². The highest BCUT2D eigenvalue weighted by Gasteiger charge is 2.21. The summed E-state index contributed by atoms with van der Waals surface area (Å²) in [6.45, 7) is 2.35. The Kier molecular flexibility index (Phi) is 3.25. The summed E-state index contributed by atoms with van der Waals surface area (Å²) in [6, 6.07) is 0. The van der Waals surface area contributed by atoms with Crippen LogP contribution in [0.3, 0.4) is 0 Å². The lowest BCUT2D eigenvalue weighted by Gasteiger charge is -2.20. The van der Waals surface area contributed by atoms with Crippen LogP contribution in [0.5, 0.6) is 0 Å². The van der Waals surface area contributed by atoms with Gasteiger partial charge in [0.25, 0.3) is 0 Å². The van der Waals surface area contributed by atoms with Gasteiger partial charge in [0.05, 0.1) is 10.7 Å². The van der Waals surface area contributed by atoms with Gasteiger partial charge in [-0.3, -0.25) is 0 Å². The average molecular weight is 236 g/mol. The van der Waals surface area contributed by atoms with Crippen molar-refractivity contribution >= 4 is 11.3 Å². The lowest BCUT2D eigenvalue weighted by Crippen LogP contribution is -2.26. The van der Waals surface area contributed by atoms with Crippen molar-refractivity contribution < 1.29 is 0 Å². The molecule has 0 bridgehead atoms. The van der Waals surface area contributed by atoms with E-state index in [2.05, 4.69) is 5.32 Å². The Morgan fingerprint density at radius 1 is 1.06 bits per heavy atom. The van der Waals surface area contributed by atoms with E-state index in [1.807, 2.05) is 11.3 Å². The van der Waals surface area contributed by atoms with E-state index in [0.29, 0.717) is 0 Å². The van der Waals surface area contributed by atoms with E-state index in [4.69, 9.17) is 4.98 Å². The molecule has 16 heavy (non-hydrogen) atoms. The lowest BCUT2D eigenvalue weighted by atomic mass is 9.99. The number of hydrogen-bond acceptors (Lipinski definition) is 3. The molecule has 1 aliphatic carbocycles. The summed E-state index contributed by atoms with van der Waals surface area (Å²) in [5.74, 6) is 0.748. The molecule has 88 valence electrons. The first-order chi connectivity index (χ1) is 7.93. The number of nitrogens with zero attached hydrogens (tertiary/aromatic N) is 1. The van der Waals surface area contributed by atoms with Crippen LogP contribution in [0.25, 0.3) is 0 Å². The molecule has 0 aromatic carbocycles. The Bertz CT molecular complexity index is 329. The first kappa shape index (κ1) is 10.7. The maximum absolute atomic E-state index is 4.93. The average Bonchev–Trinajstić information content (AvgIpc) is 2.62. The van der Waals surface area contributed by atoms with Gasteiger partial charge in [0, 0.05) is 10.8 Å². The van der Waals surface area contributed by atoms with Crippen LogP contribution in [-0.2, 0) is 12.8 Å². The Labute approximate surface area is 101 Å². The number of aromatic nitrogens is 1. The van der Waals surface area contributed by atoms with Crippen molar-refractivity contribution in [1.82, 2.24) is 10.3 Å². The Morgan fingerprint density at radius 3 is 2.75 bits per heavy atom. The van der Waals surface area contributed by atoms with E-state index in [9.17, 15) is 0 Å². The third-order valence-corrected chi connectivity index (χ3v) is 5.12. The van der Waals surface area contributed by atoms with Gasteiger partial charge in [-0.05, 0) is 51.6 Å². The Hall–Kier alpha value is -0.410. The fourth-order valence-electron chi connectivity index (χ4n) is 2.79. The number of nitrogens with one attached hydrogen (secondary N) is 1. The van der Waals surface area contributed by atoms with Crippen molar-refractivity contribution in [2.24, 2.45) is 0 Å². The molecular weight excluding hydrogens is 216 g/mol. The van der Waals surface area contributed by atoms with Crippen LogP contribution in [-0.4, -0.2) is 18.1 Å². The number of piperidine rings is 1. The van der Waals surface area contributed by atoms with Gasteiger partial charge < -0.3 is 5.32 Å². The highest BCUT2D eigenvalue weighted by molar-refractivity contribution is 7.11. The minimum atomic E-state index is 0.748. The largest absolute Gasteiger partial charge is 0.317 e. The Balaban J connectivity index is 1.80. The normalized spacial score (nSPS) is 22.8. The molecule has 1 aromatic rings. The van der Waals surface area contributed by atoms with Crippen LogP contribution in [0.4, 0.5) is 0 Å². The monoisotopic (exact) mass is 236 g/mol. The zero-order valence-corrected chi connectivity index (χ0v) is 10.6. The Morgan fingerprint density at radius 2 is 1.88 bits per heavy atom. The summed E-state index contributed by atoms with van der Waals surface area (Å²) in [7, 11) is 0. The molecule has 1 N–H and O–H groups in total. The van der Waals surface area contributed by atoms with E-state index in [0.717, 1.165) is 5.92 Å². The van der Waals surface area contributed by atoms with Crippen molar-refractivity contribution in [2.45, 2.75) is 50.9 Å². The molecule has 1 aromatic heterocycles.